The van der Waals surface area contributed by atoms with Crippen LogP contribution in [0.25, 0.3) is 0 Å². The van der Waals surface area contributed by atoms with Gasteiger partial charge in [0.15, 0.2) is 0 Å². The molecule has 1 aromatic rings. The Kier molecular flexibility index (Phi) is 6.61. The third-order valence-corrected chi connectivity index (χ3v) is 4.32. The quantitative estimate of drug-likeness (QED) is 0.737. The topological polar surface area (TPSA) is 86.7 Å². The van der Waals surface area contributed by atoms with Crippen LogP contribution in [0.15, 0.2) is 24.3 Å². The molecule has 1 aliphatic heterocycles. The fraction of sp³-hybridized carbons (Fsp3) is 0.471. The van der Waals surface area contributed by atoms with E-state index in [1.807, 2.05) is 0 Å². The minimum atomic E-state index is -0.880. The zero-order chi connectivity index (χ0) is 17.5. The zero-order valence-electron chi connectivity index (χ0n) is 13.3. The van der Waals surface area contributed by atoms with E-state index < -0.39 is 5.97 Å². The SMILES string of the molecule is O=C(O)CC1CCCN1C(=O)CCCNC(=O)c1ccc(Cl)cc1. The molecule has 0 aliphatic carbocycles. The number of benzene rings is 1. The first-order chi connectivity index (χ1) is 11.5. The molecule has 2 rings (SSSR count). The molecular weight excluding hydrogens is 332 g/mol. The molecular formula is C17H21ClN2O4. The highest BCUT2D eigenvalue weighted by molar-refractivity contribution is 6.30. The van der Waals surface area contributed by atoms with Gasteiger partial charge in [-0.15, -0.1) is 0 Å². The van der Waals surface area contributed by atoms with Gasteiger partial charge in [-0.1, -0.05) is 11.6 Å². The summed E-state index contributed by atoms with van der Waals surface area (Å²) in [5, 5.41) is 12.2. The third-order valence-electron chi connectivity index (χ3n) is 4.07. The van der Waals surface area contributed by atoms with Crippen LogP contribution in [0.1, 0.15) is 42.5 Å². The second-order valence-electron chi connectivity index (χ2n) is 5.85. The predicted octanol–water partition coefficient (Wildman–Crippen LogP) is 2.32. The number of carboxylic acid groups (broad SMARTS) is 1. The van der Waals surface area contributed by atoms with Gasteiger partial charge in [-0.2, -0.15) is 0 Å². The molecule has 0 spiro atoms. The van der Waals surface area contributed by atoms with Crippen LogP contribution in [-0.4, -0.2) is 46.9 Å². The lowest BCUT2D eigenvalue weighted by Crippen LogP contribution is -2.37. The molecule has 24 heavy (non-hydrogen) atoms. The first-order valence-electron chi connectivity index (χ1n) is 8.02. The van der Waals surface area contributed by atoms with Crippen molar-refractivity contribution in [2.45, 2.75) is 38.1 Å². The molecule has 2 amide bonds. The van der Waals surface area contributed by atoms with Gasteiger partial charge in [0, 0.05) is 36.1 Å². The standard InChI is InChI=1S/C17H21ClN2O4/c18-13-7-5-12(6-8-13)17(24)19-9-1-4-15(21)20-10-2-3-14(20)11-16(22)23/h5-8,14H,1-4,9-11H2,(H,19,24)(H,22,23). The molecule has 1 aromatic carbocycles. The number of carbonyl (C=O) groups excluding carboxylic acids is 2. The summed E-state index contributed by atoms with van der Waals surface area (Å²) in [6, 6.07) is 6.39. The molecule has 6 nitrogen and oxygen atoms in total. The summed E-state index contributed by atoms with van der Waals surface area (Å²) in [6.07, 6.45) is 2.41. The van der Waals surface area contributed by atoms with E-state index in [9.17, 15) is 14.4 Å². The number of carbonyl (C=O) groups is 3. The van der Waals surface area contributed by atoms with Crippen molar-refractivity contribution in [1.29, 1.82) is 0 Å². The van der Waals surface area contributed by atoms with Gasteiger partial charge in [0.2, 0.25) is 5.91 Å². The summed E-state index contributed by atoms with van der Waals surface area (Å²) >= 11 is 5.77. The number of likely N-dealkylation sites (tertiary alicyclic amines) is 1. The van der Waals surface area contributed by atoms with Gasteiger partial charge >= 0.3 is 5.97 Å². The number of nitrogens with zero attached hydrogens (tertiary/aromatic N) is 1. The highest BCUT2D eigenvalue weighted by atomic mass is 35.5. The number of halogens is 1. The van der Waals surface area contributed by atoms with Crippen molar-refractivity contribution in [3.05, 3.63) is 34.9 Å². The van der Waals surface area contributed by atoms with Crippen LogP contribution < -0.4 is 5.32 Å². The van der Waals surface area contributed by atoms with E-state index in [1.165, 1.54) is 0 Å². The number of hydrogen-bond donors (Lipinski definition) is 2. The van der Waals surface area contributed by atoms with Gasteiger partial charge in [-0.3, -0.25) is 14.4 Å². The van der Waals surface area contributed by atoms with Gasteiger partial charge < -0.3 is 15.3 Å². The lowest BCUT2D eigenvalue weighted by Gasteiger charge is -2.23. The lowest BCUT2D eigenvalue weighted by atomic mass is 10.1. The fourth-order valence-corrected chi connectivity index (χ4v) is 2.99. The summed E-state index contributed by atoms with van der Waals surface area (Å²) in [6.45, 7) is 1.01. The molecule has 2 N–H and O–H groups in total. The first kappa shape index (κ1) is 18.3. The van der Waals surface area contributed by atoms with Crippen molar-refractivity contribution in [2.24, 2.45) is 0 Å². The van der Waals surface area contributed by atoms with Gasteiger partial charge in [-0.25, -0.2) is 0 Å². The second-order valence-corrected chi connectivity index (χ2v) is 6.28. The highest BCUT2D eigenvalue weighted by Crippen LogP contribution is 2.21. The summed E-state index contributed by atoms with van der Waals surface area (Å²) in [4.78, 5) is 36.6. The van der Waals surface area contributed by atoms with Gasteiger partial charge in [0.05, 0.1) is 6.42 Å². The normalized spacial score (nSPS) is 16.9. The number of amides is 2. The van der Waals surface area contributed by atoms with Crippen LogP contribution in [0.4, 0.5) is 0 Å². The van der Waals surface area contributed by atoms with Crippen LogP contribution in [0, 0.1) is 0 Å². The minimum Gasteiger partial charge on any atom is -0.481 e. The average molecular weight is 353 g/mol. The lowest BCUT2D eigenvalue weighted by molar-refractivity contribution is -0.139. The maximum Gasteiger partial charge on any atom is 0.305 e. The van der Waals surface area contributed by atoms with Gasteiger partial charge in [-0.05, 0) is 43.5 Å². The Hall–Kier alpha value is -2.08. The molecule has 0 radical (unpaired) electrons. The van der Waals surface area contributed by atoms with Crippen LogP contribution in [0.3, 0.4) is 0 Å². The Balaban J connectivity index is 1.71. The zero-order valence-corrected chi connectivity index (χ0v) is 14.1. The van der Waals surface area contributed by atoms with E-state index in [0.29, 0.717) is 36.5 Å². The van der Waals surface area contributed by atoms with Crippen molar-refractivity contribution in [1.82, 2.24) is 10.2 Å². The van der Waals surface area contributed by atoms with Crippen molar-refractivity contribution >= 4 is 29.4 Å². The number of aliphatic carboxylic acids is 1. The second kappa shape index (κ2) is 8.68. The first-order valence-corrected chi connectivity index (χ1v) is 8.40. The summed E-state index contributed by atoms with van der Waals surface area (Å²) in [5.41, 5.74) is 0.520. The monoisotopic (exact) mass is 352 g/mol. The van der Waals surface area contributed by atoms with E-state index in [-0.39, 0.29) is 24.3 Å². The molecule has 0 saturated carbocycles. The van der Waals surface area contributed by atoms with E-state index in [4.69, 9.17) is 16.7 Å². The van der Waals surface area contributed by atoms with Crippen LogP contribution >= 0.6 is 11.6 Å². The summed E-state index contributed by atoms with van der Waals surface area (Å²) in [7, 11) is 0. The molecule has 1 saturated heterocycles. The van der Waals surface area contributed by atoms with Crippen molar-refractivity contribution in [3.8, 4) is 0 Å². The molecule has 0 bridgehead atoms. The fourth-order valence-electron chi connectivity index (χ4n) is 2.87. The molecule has 1 heterocycles. The molecule has 1 fully saturated rings. The molecule has 1 atom stereocenters. The minimum absolute atomic E-state index is 0.000950. The Morgan fingerprint density at radius 2 is 1.96 bits per heavy atom. The molecule has 1 unspecified atom stereocenters. The van der Waals surface area contributed by atoms with Crippen molar-refractivity contribution in [3.63, 3.8) is 0 Å². The Labute approximate surface area is 145 Å². The highest BCUT2D eigenvalue weighted by Gasteiger charge is 2.29. The maximum absolute atomic E-state index is 12.2. The van der Waals surface area contributed by atoms with Crippen molar-refractivity contribution < 1.29 is 19.5 Å². The van der Waals surface area contributed by atoms with Crippen molar-refractivity contribution in [2.75, 3.05) is 13.1 Å². The number of rotatable bonds is 7. The molecule has 130 valence electrons. The Morgan fingerprint density at radius 3 is 2.62 bits per heavy atom. The van der Waals surface area contributed by atoms with Gasteiger partial charge in [0.1, 0.15) is 0 Å². The molecule has 0 aromatic heterocycles. The third kappa shape index (κ3) is 5.23. The predicted molar refractivity (Wildman–Crippen MR) is 90.0 cm³/mol. The Bertz CT molecular complexity index is 603. The number of hydrogen-bond acceptors (Lipinski definition) is 3. The van der Waals surface area contributed by atoms with Crippen LogP contribution in [0.5, 0.6) is 0 Å². The van der Waals surface area contributed by atoms with E-state index in [1.54, 1.807) is 29.2 Å². The smallest absolute Gasteiger partial charge is 0.305 e. The van der Waals surface area contributed by atoms with E-state index in [0.717, 1.165) is 12.8 Å². The number of nitrogens with one attached hydrogen (secondary N) is 1. The largest absolute Gasteiger partial charge is 0.481 e. The average Bonchev–Trinajstić information content (AvgIpc) is 2.99. The van der Waals surface area contributed by atoms with E-state index in [2.05, 4.69) is 5.32 Å². The molecule has 7 heteroatoms. The van der Waals surface area contributed by atoms with Crippen LogP contribution in [-0.2, 0) is 9.59 Å². The summed E-state index contributed by atoms with van der Waals surface area (Å²) in [5.74, 6) is -1.13. The summed E-state index contributed by atoms with van der Waals surface area (Å²) < 4.78 is 0. The maximum atomic E-state index is 12.2. The van der Waals surface area contributed by atoms with E-state index >= 15 is 0 Å². The Morgan fingerprint density at radius 1 is 1.25 bits per heavy atom. The van der Waals surface area contributed by atoms with Gasteiger partial charge in [0.25, 0.3) is 5.91 Å². The molecule has 1 aliphatic rings. The van der Waals surface area contributed by atoms with Crippen LogP contribution in [0.2, 0.25) is 5.02 Å². The number of carboxylic acids is 1.